The zero-order valence-electron chi connectivity index (χ0n) is 7.13. The third-order valence-electron chi connectivity index (χ3n) is 0.730. The van der Waals surface area contributed by atoms with Crippen LogP contribution in [0.3, 0.4) is 0 Å². The van der Waals surface area contributed by atoms with E-state index in [1.807, 2.05) is 0 Å². The van der Waals surface area contributed by atoms with Crippen molar-refractivity contribution in [3.63, 3.8) is 0 Å². The smallest absolute Gasteiger partial charge is 0.137 e. The average molecular weight is 304 g/mol. The van der Waals surface area contributed by atoms with E-state index < -0.39 is 11.9 Å². The van der Waals surface area contributed by atoms with Gasteiger partial charge in [0.1, 0.15) is 5.82 Å². The van der Waals surface area contributed by atoms with Gasteiger partial charge in [0.15, 0.2) is 0 Å². The molecule has 0 saturated carbocycles. The molecule has 0 bridgehead atoms. The van der Waals surface area contributed by atoms with Gasteiger partial charge in [0.25, 0.3) is 0 Å². The summed E-state index contributed by atoms with van der Waals surface area (Å²) in [6.07, 6.45) is 0. The molecule has 9 heavy (non-hydrogen) atoms. The minimum atomic E-state index is -0.747. The van der Waals surface area contributed by atoms with Crippen LogP contribution >= 0.6 is 38.5 Å². The van der Waals surface area contributed by atoms with Gasteiger partial charge in [0.05, 0.1) is 7.68 Å². The SMILES string of the molecule is [2H]c1c([2H])c(F)c(I)c(Br)c1[2H]. The van der Waals surface area contributed by atoms with Crippen molar-refractivity contribution in [3.05, 3.63) is 32.0 Å². The maximum atomic E-state index is 13.0. The number of hydrogen-bond donors (Lipinski definition) is 0. The first-order chi connectivity index (χ1) is 5.46. The molecule has 1 aromatic carbocycles. The minimum absolute atomic E-state index is 0.147. The Bertz CT molecular complexity index is 237. The summed E-state index contributed by atoms with van der Waals surface area (Å²) < 4.78 is 35.0. The molecule has 1 rings (SSSR count). The van der Waals surface area contributed by atoms with Gasteiger partial charge in [-0.25, -0.2) is 4.39 Å². The van der Waals surface area contributed by atoms with Crippen LogP contribution in [0.2, 0.25) is 0 Å². The maximum Gasteiger partial charge on any atom is 0.137 e. The van der Waals surface area contributed by atoms with Crippen molar-refractivity contribution in [1.82, 2.24) is 0 Å². The molecule has 0 aromatic heterocycles. The number of benzene rings is 1. The van der Waals surface area contributed by atoms with Gasteiger partial charge in [-0.15, -0.1) is 0 Å². The van der Waals surface area contributed by atoms with Crippen molar-refractivity contribution < 1.29 is 8.50 Å². The van der Waals surface area contributed by atoms with E-state index in [-0.39, 0.29) is 20.1 Å². The van der Waals surface area contributed by atoms with Crippen LogP contribution in [0.1, 0.15) is 4.11 Å². The number of rotatable bonds is 0. The van der Waals surface area contributed by atoms with Gasteiger partial charge in [-0.3, -0.25) is 0 Å². The van der Waals surface area contributed by atoms with Crippen LogP contribution in [-0.4, -0.2) is 0 Å². The molecule has 0 saturated heterocycles. The standard InChI is InChI=1S/C6H3BrFI/c7-4-2-1-3-5(8)6(4)9/h1-3H/i1D,2D,3D. The van der Waals surface area contributed by atoms with Crippen LogP contribution in [0.25, 0.3) is 0 Å². The van der Waals surface area contributed by atoms with Gasteiger partial charge >= 0.3 is 0 Å². The molecular formula is C6H3BrFI. The van der Waals surface area contributed by atoms with Crippen LogP contribution in [-0.2, 0) is 0 Å². The summed E-state index contributed by atoms with van der Waals surface area (Å²) in [5, 5.41) is 0. The molecule has 0 aliphatic heterocycles. The fraction of sp³-hybridized carbons (Fsp3) is 0. The highest BCUT2D eigenvalue weighted by Crippen LogP contribution is 2.20. The lowest BCUT2D eigenvalue weighted by molar-refractivity contribution is 0.619. The highest BCUT2D eigenvalue weighted by Gasteiger charge is 1.99. The Labute approximate surface area is 78.9 Å². The fourth-order valence-electron chi connectivity index (χ4n) is 0.347. The van der Waals surface area contributed by atoms with Gasteiger partial charge in [0, 0.05) is 4.47 Å². The van der Waals surface area contributed by atoms with Crippen molar-refractivity contribution in [2.75, 3.05) is 0 Å². The predicted molar refractivity (Wildman–Crippen MR) is 46.8 cm³/mol. The second-order valence-electron chi connectivity index (χ2n) is 1.32. The van der Waals surface area contributed by atoms with Crippen LogP contribution in [0, 0.1) is 9.39 Å². The summed E-state index contributed by atoms with van der Waals surface area (Å²) in [4.78, 5) is 0. The van der Waals surface area contributed by atoms with E-state index in [4.69, 9.17) is 4.11 Å². The van der Waals surface area contributed by atoms with E-state index in [2.05, 4.69) is 15.9 Å². The first kappa shape index (κ1) is 4.28. The first-order valence-corrected chi connectivity index (χ1v) is 3.94. The first-order valence-electron chi connectivity index (χ1n) is 3.57. The second-order valence-corrected chi connectivity index (χ2v) is 3.19. The topological polar surface area (TPSA) is 0 Å². The Hall–Kier alpha value is 0.360. The Balaban J connectivity index is 3.60. The van der Waals surface area contributed by atoms with Crippen molar-refractivity contribution >= 4 is 38.5 Å². The average Bonchev–Trinajstić information content (AvgIpc) is 2.08. The zero-order valence-corrected chi connectivity index (χ0v) is 7.88. The highest BCUT2D eigenvalue weighted by atomic mass is 127. The number of hydrogen-bond acceptors (Lipinski definition) is 0. The van der Waals surface area contributed by atoms with Crippen LogP contribution < -0.4 is 0 Å². The van der Waals surface area contributed by atoms with Gasteiger partial charge in [0.2, 0.25) is 0 Å². The Morgan fingerprint density at radius 2 is 2.33 bits per heavy atom. The molecule has 1 aromatic rings. The van der Waals surface area contributed by atoms with E-state index >= 15 is 0 Å². The molecule has 0 heterocycles. The molecule has 0 amide bonds. The van der Waals surface area contributed by atoms with E-state index in [0.29, 0.717) is 0 Å². The van der Waals surface area contributed by atoms with Gasteiger partial charge in [-0.2, -0.15) is 0 Å². The second kappa shape index (κ2) is 2.96. The summed E-state index contributed by atoms with van der Waals surface area (Å²) in [7, 11) is 0. The fourth-order valence-corrected chi connectivity index (χ4v) is 0.890. The molecule has 48 valence electrons. The van der Waals surface area contributed by atoms with Gasteiger partial charge in [-0.05, 0) is 50.6 Å². The van der Waals surface area contributed by atoms with Crippen molar-refractivity contribution in [2.45, 2.75) is 0 Å². The maximum absolute atomic E-state index is 13.0. The summed E-state index contributed by atoms with van der Waals surface area (Å²) in [5.74, 6) is -0.747. The lowest BCUT2D eigenvalue weighted by Gasteiger charge is -1.93. The van der Waals surface area contributed by atoms with Crippen molar-refractivity contribution in [1.29, 1.82) is 0 Å². The quantitative estimate of drug-likeness (QED) is 0.510. The molecule has 0 spiro atoms. The third-order valence-corrected chi connectivity index (χ3v) is 3.08. The molecule has 0 N–H and O–H groups in total. The molecule has 0 radical (unpaired) electrons. The molecular weight excluding hydrogens is 298 g/mol. The monoisotopic (exact) mass is 303 g/mol. The summed E-state index contributed by atoms with van der Waals surface area (Å²) in [6.45, 7) is 0. The summed E-state index contributed by atoms with van der Waals surface area (Å²) >= 11 is 4.67. The minimum Gasteiger partial charge on any atom is -0.206 e. The Morgan fingerprint density at radius 3 is 3.00 bits per heavy atom. The van der Waals surface area contributed by atoms with Gasteiger partial charge in [-0.1, -0.05) is 6.04 Å². The summed E-state index contributed by atoms with van der Waals surface area (Å²) in [6, 6.07) is -1.06. The molecule has 0 fully saturated rings. The van der Waals surface area contributed by atoms with Crippen LogP contribution in [0.4, 0.5) is 4.39 Å². The third kappa shape index (κ3) is 1.64. The van der Waals surface area contributed by atoms with Crippen molar-refractivity contribution in [3.8, 4) is 0 Å². The molecule has 0 aliphatic rings. The molecule has 0 nitrogen and oxygen atoms in total. The normalized spacial score (nSPS) is 14.3. The zero-order chi connectivity index (χ0) is 9.46. The largest absolute Gasteiger partial charge is 0.206 e. The predicted octanol–water partition coefficient (Wildman–Crippen LogP) is 3.19. The molecule has 0 unspecified atom stereocenters. The van der Waals surface area contributed by atoms with E-state index in [0.717, 1.165) is 0 Å². The van der Waals surface area contributed by atoms with Crippen LogP contribution in [0.15, 0.2) is 22.6 Å². The van der Waals surface area contributed by atoms with Crippen molar-refractivity contribution in [2.24, 2.45) is 0 Å². The van der Waals surface area contributed by atoms with Crippen LogP contribution in [0.5, 0.6) is 0 Å². The van der Waals surface area contributed by atoms with E-state index in [1.54, 1.807) is 22.6 Å². The number of halogens is 3. The van der Waals surface area contributed by atoms with Gasteiger partial charge < -0.3 is 0 Å². The van der Waals surface area contributed by atoms with E-state index in [9.17, 15) is 4.39 Å². The Morgan fingerprint density at radius 1 is 1.67 bits per heavy atom. The van der Waals surface area contributed by atoms with E-state index in [1.165, 1.54) is 0 Å². The Kier molecular flexibility index (Phi) is 1.41. The lowest BCUT2D eigenvalue weighted by Crippen LogP contribution is -1.79. The molecule has 0 atom stereocenters. The highest BCUT2D eigenvalue weighted by molar-refractivity contribution is 14.1. The molecule has 3 heteroatoms. The molecule has 0 aliphatic carbocycles. The summed E-state index contributed by atoms with van der Waals surface area (Å²) in [5.41, 5.74) is 0. The lowest BCUT2D eigenvalue weighted by atomic mass is 10.4.